The number of nitrogens with one attached hydrogen (secondary N) is 1. The first-order chi connectivity index (χ1) is 8.05. The van der Waals surface area contributed by atoms with Gasteiger partial charge < -0.3 is 15.3 Å². The Morgan fingerprint density at radius 1 is 1.41 bits per heavy atom. The Bertz CT molecular complexity index is 292. The average molecular weight is 240 g/mol. The van der Waals surface area contributed by atoms with Crippen molar-refractivity contribution in [2.24, 2.45) is 0 Å². The molecule has 4 nitrogen and oxygen atoms in total. The van der Waals surface area contributed by atoms with Crippen LogP contribution in [-0.2, 0) is 4.79 Å². The summed E-state index contributed by atoms with van der Waals surface area (Å²) in [5.41, 5.74) is -0.953. The number of amides is 1. The van der Waals surface area contributed by atoms with Crippen molar-refractivity contribution < 1.29 is 9.90 Å². The summed E-state index contributed by atoms with van der Waals surface area (Å²) in [4.78, 5) is 14.2. The number of carbonyl (C=O) groups is 1. The monoisotopic (exact) mass is 240 g/mol. The van der Waals surface area contributed by atoms with E-state index in [-0.39, 0.29) is 11.4 Å². The lowest BCUT2D eigenvalue weighted by Crippen LogP contribution is -2.68. The molecule has 1 atom stereocenters. The Labute approximate surface area is 103 Å². The number of hydrogen-bond acceptors (Lipinski definition) is 3. The second-order valence-electron chi connectivity index (χ2n) is 5.60. The number of likely N-dealkylation sites (tertiary alicyclic amines) is 1. The van der Waals surface area contributed by atoms with E-state index in [0.29, 0.717) is 13.1 Å². The largest absolute Gasteiger partial charge is 0.386 e. The first-order valence-corrected chi connectivity index (χ1v) is 6.82. The molecule has 2 fully saturated rings. The van der Waals surface area contributed by atoms with Crippen LogP contribution in [0.4, 0.5) is 0 Å². The quantitative estimate of drug-likeness (QED) is 0.767. The number of hydrogen-bond donors (Lipinski definition) is 2. The third-order valence-electron chi connectivity index (χ3n) is 4.23. The predicted octanol–water partition coefficient (Wildman–Crippen LogP) is 0.892. The first kappa shape index (κ1) is 12.8. The van der Waals surface area contributed by atoms with Gasteiger partial charge in [0.1, 0.15) is 0 Å². The number of carbonyl (C=O) groups excluding carboxylic acids is 1. The third-order valence-corrected chi connectivity index (χ3v) is 4.23. The van der Waals surface area contributed by atoms with E-state index in [1.165, 1.54) is 0 Å². The van der Waals surface area contributed by atoms with E-state index in [1.807, 2.05) is 4.90 Å². The predicted molar refractivity (Wildman–Crippen MR) is 66.7 cm³/mol. The second kappa shape index (κ2) is 4.58. The summed E-state index contributed by atoms with van der Waals surface area (Å²) in [6, 6.07) is 0. The topological polar surface area (TPSA) is 52.6 Å². The summed E-state index contributed by atoms with van der Waals surface area (Å²) in [6.07, 6.45) is 4.62. The molecule has 0 bridgehead atoms. The van der Waals surface area contributed by atoms with Gasteiger partial charge in [0.15, 0.2) is 0 Å². The van der Waals surface area contributed by atoms with E-state index in [2.05, 4.69) is 19.2 Å². The van der Waals surface area contributed by atoms with Crippen LogP contribution in [0.1, 0.15) is 46.0 Å². The summed E-state index contributed by atoms with van der Waals surface area (Å²) in [6.45, 7) is 6.10. The zero-order valence-corrected chi connectivity index (χ0v) is 11.0. The molecule has 0 aromatic heterocycles. The molecule has 2 aliphatic heterocycles. The molecule has 0 spiro atoms. The molecule has 0 saturated carbocycles. The molecule has 0 aromatic rings. The van der Waals surface area contributed by atoms with Crippen molar-refractivity contribution in [2.75, 3.05) is 19.6 Å². The van der Waals surface area contributed by atoms with Gasteiger partial charge in [-0.25, -0.2) is 0 Å². The van der Waals surface area contributed by atoms with Crippen molar-refractivity contribution in [3.63, 3.8) is 0 Å². The fourth-order valence-electron chi connectivity index (χ4n) is 3.18. The lowest BCUT2D eigenvalue weighted by Gasteiger charge is -2.49. The van der Waals surface area contributed by atoms with Crippen LogP contribution in [0.15, 0.2) is 0 Å². The molecule has 0 radical (unpaired) electrons. The maximum Gasteiger partial charge on any atom is 0.243 e. The minimum absolute atomic E-state index is 0.193. The molecule has 17 heavy (non-hydrogen) atoms. The summed E-state index contributed by atoms with van der Waals surface area (Å²) in [5, 5.41) is 13.5. The molecule has 1 unspecified atom stereocenters. The van der Waals surface area contributed by atoms with Gasteiger partial charge in [0.25, 0.3) is 0 Å². The zero-order chi connectivity index (χ0) is 12.5. The molecule has 2 saturated heterocycles. The van der Waals surface area contributed by atoms with Gasteiger partial charge in [0, 0.05) is 0 Å². The lowest BCUT2D eigenvalue weighted by atomic mass is 9.85. The van der Waals surface area contributed by atoms with E-state index >= 15 is 0 Å². The van der Waals surface area contributed by atoms with Crippen LogP contribution in [-0.4, -0.2) is 46.7 Å². The maximum absolute atomic E-state index is 12.4. The molecule has 0 aromatic carbocycles. The molecule has 2 heterocycles. The Morgan fingerprint density at radius 3 is 2.59 bits per heavy atom. The van der Waals surface area contributed by atoms with Crippen LogP contribution < -0.4 is 5.32 Å². The van der Waals surface area contributed by atoms with Gasteiger partial charge in [-0.3, -0.25) is 4.79 Å². The van der Waals surface area contributed by atoms with Gasteiger partial charge in [0.05, 0.1) is 24.2 Å². The Morgan fingerprint density at radius 2 is 2.12 bits per heavy atom. The van der Waals surface area contributed by atoms with Crippen LogP contribution in [0.3, 0.4) is 0 Å². The zero-order valence-electron chi connectivity index (χ0n) is 11.0. The van der Waals surface area contributed by atoms with Gasteiger partial charge in [-0.05, 0) is 32.2 Å². The normalized spacial score (nSPS) is 31.4. The smallest absolute Gasteiger partial charge is 0.243 e. The molecular formula is C13H24N2O2. The highest BCUT2D eigenvalue weighted by Crippen LogP contribution is 2.32. The molecule has 2 aliphatic rings. The highest BCUT2D eigenvalue weighted by Gasteiger charge is 2.49. The van der Waals surface area contributed by atoms with Crippen molar-refractivity contribution >= 4 is 5.91 Å². The summed E-state index contributed by atoms with van der Waals surface area (Å²) < 4.78 is 0. The van der Waals surface area contributed by atoms with Gasteiger partial charge >= 0.3 is 0 Å². The van der Waals surface area contributed by atoms with Crippen molar-refractivity contribution in [1.29, 1.82) is 0 Å². The minimum Gasteiger partial charge on any atom is -0.386 e. The molecule has 4 heteroatoms. The van der Waals surface area contributed by atoms with Crippen molar-refractivity contribution in [1.82, 2.24) is 10.2 Å². The lowest BCUT2D eigenvalue weighted by molar-refractivity contribution is -0.163. The van der Waals surface area contributed by atoms with Crippen LogP contribution in [0.2, 0.25) is 0 Å². The fourth-order valence-corrected chi connectivity index (χ4v) is 3.18. The number of aliphatic hydroxyl groups is 1. The number of rotatable bonds is 4. The Kier molecular flexibility index (Phi) is 3.46. The van der Waals surface area contributed by atoms with E-state index in [9.17, 15) is 9.90 Å². The van der Waals surface area contributed by atoms with Crippen LogP contribution in [0.5, 0.6) is 0 Å². The highest BCUT2D eigenvalue weighted by atomic mass is 16.3. The standard InChI is InChI=1S/C13H24N2O2/c1-3-6-12(17)9-15(10-12)11(16)13(4-2)7-5-8-14-13/h14,17H,3-10H2,1-2H3. The van der Waals surface area contributed by atoms with E-state index in [4.69, 9.17) is 0 Å². The van der Waals surface area contributed by atoms with Crippen molar-refractivity contribution in [3.05, 3.63) is 0 Å². The molecule has 1 amide bonds. The third kappa shape index (κ3) is 2.20. The Balaban J connectivity index is 1.94. The summed E-state index contributed by atoms with van der Waals surface area (Å²) >= 11 is 0. The number of nitrogens with zero attached hydrogens (tertiary/aromatic N) is 1. The van der Waals surface area contributed by atoms with Crippen LogP contribution in [0.25, 0.3) is 0 Å². The Hall–Kier alpha value is -0.610. The summed E-state index contributed by atoms with van der Waals surface area (Å²) in [5.74, 6) is 0.193. The summed E-state index contributed by atoms with van der Waals surface area (Å²) in [7, 11) is 0. The first-order valence-electron chi connectivity index (χ1n) is 6.82. The van der Waals surface area contributed by atoms with Gasteiger partial charge in [-0.2, -0.15) is 0 Å². The van der Waals surface area contributed by atoms with Gasteiger partial charge in [-0.1, -0.05) is 20.3 Å². The van der Waals surface area contributed by atoms with Crippen LogP contribution >= 0.6 is 0 Å². The van der Waals surface area contributed by atoms with Gasteiger partial charge in [0.2, 0.25) is 5.91 Å². The van der Waals surface area contributed by atoms with E-state index in [1.54, 1.807) is 0 Å². The van der Waals surface area contributed by atoms with Crippen molar-refractivity contribution in [3.8, 4) is 0 Å². The average Bonchev–Trinajstić information content (AvgIpc) is 2.75. The molecule has 98 valence electrons. The van der Waals surface area contributed by atoms with Crippen molar-refractivity contribution in [2.45, 2.75) is 57.1 Å². The highest BCUT2D eigenvalue weighted by molar-refractivity contribution is 5.87. The SMILES string of the molecule is CCCC1(O)CN(C(=O)C2(CC)CCCN2)C1. The molecule has 0 aliphatic carbocycles. The molecular weight excluding hydrogens is 216 g/mol. The molecule has 2 rings (SSSR count). The second-order valence-corrected chi connectivity index (χ2v) is 5.60. The van der Waals surface area contributed by atoms with E-state index in [0.717, 1.165) is 38.6 Å². The van der Waals surface area contributed by atoms with E-state index < -0.39 is 5.60 Å². The van der Waals surface area contributed by atoms with Gasteiger partial charge in [-0.15, -0.1) is 0 Å². The maximum atomic E-state index is 12.4. The van der Waals surface area contributed by atoms with Crippen LogP contribution in [0, 0.1) is 0 Å². The molecule has 2 N–H and O–H groups in total. The number of β-amino-alcohol motifs (C(OH)–C–C–N with tert-alkyl or cyclic N) is 1. The fraction of sp³-hybridized carbons (Fsp3) is 0.923. The minimum atomic E-state index is -0.613.